The van der Waals surface area contributed by atoms with Gasteiger partial charge in [0.2, 0.25) is 10.0 Å². The number of sulfonamides is 1. The molecule has 0 amide bonds. The molecule has 0 radical (unpaired) electrons. The van der Waals surface area contributed by atoms with Crippen LogP contribution in [-0.2, 0) is 10.0 Å². The van der Waals surface area contributed by atoms with E-state index in [4.69, 9.17) is 11.2 Å². The summed E-state index contributed by atoms with van der Waals surface area (Å²) in [5, 5.41) is 2.77. The number of carbonyl (C=O) groups is 1. The fourth-order valence-electron chi connectivity index (χ4n) is 3.36. The van der Waals surface area contributed by atoms with E-state index in [2.05, 4.69) is 10.0 Å². The lowest BCUT2D eigenvalue weighted by atomic mass is 10.0. The molecule has 0 saturated heterocycles. The molecule has 0 aliphatic carbocycles. The molecule has 34 heavy (non-hydrogen) atoms. The van der Waals surface area contributed by atoms with Crippen LogP contribution in [-0.4, -0.2) is 31.7 Å². The molecule has 3 rings (SSSR count). The third-order valence-electron chi connectivity index (χ3n) is 5.19. The van der Waals surface area contributed by atoms with Crippen LogP contribution in [0.2, 0.25) is 0 Å². The van der Waals surface area contributed by atoms with Crippen LogP contribution < -0.4 is 20.3 Å². The maximum Gasteiger partial charge on any atom is 0.309 e. The number of carbonyl (C=O) groups excluding carboxylic acids is 1. The third-order valence-corrected chi connectivity index (χ3v) is 6.50. The van der Waals surface area contributed by atoms with Crippen molar-refractivity contribution >= 4 is 27.3 Å². The normalized spacial score (nSPS) is 10.9. The number of ether oxygens (including phenoxy) is 1. The lowest BCUT2D eigenvalue weighted by Gasteiger charge is -2.18. The van der Waals surface area contributed by atoms with Crippen LogP contribution in [0.1, 0.15) is 22.8 Å². The Balaban J connectivity index is 2.27. The molecule has 8 nitrogen and oxygen atoms in total. The quantitative estimate of drug-likeness (QED) is 0.496. The van der Waals surface area contributed by atoms with E-state index in [0.29, 0.717) is 28.3 Å². The summed E-state index contributed by atoms with van der Waals surface area (Å²) in [7, 11) is -1.99. The molecular formula is C25H25N3O5S. The Morgan fingerprint density at radius 1 is 1.15 bits per heavy atom. The van der Waals surface area contributed by atoms with E-state index in [1.165, 1.54) is 13.1 Å². The van der Waals surface area contributed by atoms with Crippen molar-refractivity contribution in [3.05, 3.63) is 70.1 Å². The van der Waals surface area contributed by atoms with E-state index in [9.17, 15) is 18.0 Å². The van der Waals surface area contributed by atoms with Crippen LogP contribution in [0.25, 0.3) is 11.1 Å². The number of nitrogens with zero attached hydrogens (tertiary/aromatic N) is 1. The number of anilines is 2. The number of aryl methyl sites for hydroxylation is 2. The average molecular weight is 480 g/mol. The Hall–Kier alpha value is -4.03. The topological polar surface area (TPSA) is 106 Å². The number of pyridine rings is 1. The fraction of sp³-hybridized carbons (Fsp3) is 0.200. The molecular weight excluding hydrogens is 454 g/mol. The molecule has 1 heterocycles. The van der Waals surface area contributed by atoms with Crippen LogP contribution in [0.5, 0.6) is 11.5 Å². The fourth-order valence-corrected chi connectivity index (χ4v) is 3.99. The van der Waals surface area contributed by atoms with Gasteiger partial charge in [-0.25, -0.2) is 13.0 Å². The van der Waals surface area contributed by atoms with E-state index in [1.807, 2.05) is 38.0 Å². The van der Waals surface area contributed by atoms with E-state index in [-0.39, 0.29) is 11.4 Å². The minimum Gasteiger partial charge on any atom is -0.456 e. The summed E-state index contributed by atoms with van der Waals surface area (Å²) in [6.45, 7) is 5.36. The molecule has 0 saturated carbocycles. The second-order valence-electron chi connectivity index (χ2n) is 7.56. The van der Waals surface area contributed by atoms with Gasteiger partial charge in [0.25, 0.3) is 5.56 Å². The smallest absolute Gasteiger partial charge is 0.309 e. The third kappa shape index (κ3) is 5.13. The van der Waals surface area contributed by atoms with Crippen molar-refractivity contribution in [2.24, 2.45) is 0 Å². The maximum absolute atomic E-state index is 12.6. The summed E-state index contributed by atoms with van der Waals surface area (Å²) < 4.78 is 33.9. The van der Waals surface area contributed by atoms with Gasteiger partial charge < -0.3 is 10.1 Å². The number of nitrogens with one attached hydrogen (secondary N) is 2. The van der Waals surface area contributed by atoms with Crippen molar-refractivity contribution in [1.82, 2.24) is 4.57 Å². The lowest BCUT2D eigenvalue weighted by Crippen LogP contribution is -2.27. The van der Waals surface area contributed by atoms with Gasteiger partial charge in [0.15, 0.2) is 0 Å². The molecule has 0 aliphatic heterocycles. The highest BCUT2D eigenvalue weighted by molar-refractivity contribution is 7.92. The molecule has 0 fully saturated rings. The van der Waals surface area contributed by atoms with Crippen molar-refractivity contribution in [2.75, 3.05) is 22.8 Å². The first-order chi connectivity index (χ1) is 16.1. The highest BCUT2D eigenvalue weighted by Gasteiger charge is 2.18. The Labute approximate surface area is 198 Å². The van der Waals surface area contributed by atoms with Crippen LogP contribution in [0.15, 0.2) is 53.5 Å². The molecule has 176 valence electrons. The van der Waals surface area contributed by atoms with Gasteiger partial charge in [-0.2, -0.15) is 0 Å². The molecule has 0 aliphatic rings. The van der Waals surface area contributed by atoms with Gasteiger partial charge in [-0.3, -0.25) is 14.3 Å². The summed E-state index contributed by atoms with van der Waals surface area (Å²) in [6, 6.07) is 12.1. The maximum atomic E-state index is 12.6. The van der Waals surface area contributed by atoms with E-state index in [1.54, 1.807) is 31.3 Å². The lowest BCUT2D eigenvalue weighted by molar-refractivity contribution is 0.0976. The standard InChI is InChI=1S/C25H25N3O5S/c1-6-23(29)28-15-18(13-21(26-5)25(28)30)20-14-19(27-34(31,32)7-2)11-12-22(20)33-24-16(3)9-8-10-17(24)4/h1,8-15,26-27H,7H2,2-5H3. The highest BCUT2D eigenvalue weighted by Crippen LogP contribution is 2.38. The number of aromatic nitrogens is 1. The van der Waals surface area contributed by atoms with E-state index < -0.39 is 21.5 Å². The summed E-state index contributed by atoms with van der Waals surface area (Å²) in [6.07, 6.45) is 6.56. The predicted molar refractivity (Wildman–Crippen MR) is 134 cm³/mol. The summed E-state index contributed by atoms with van der Waals surface area (Å²) in [4.78, 5) is 24.8. The van der Waals surface area contributed by atoms with Crippen LogP contribution in [0.3, 0.4) is 0 Å². The Bertz CT molecular complexity index is 1450. The molecule has 9 heteroatoms. The van der Waals surface area contributed by atoms with E-state index >= 15 is 0 Å². The SMILES string of the molecule is C#CC(=O)n1cc(-c2cc(NS(=O)(=O)CC)ccc2Oc2c(C)cccc2C)cc(NC)c1=O. The molecule has 0 bridgehead atoms. The van der Waals surface area contributed by atoms with Crippen molar-refractivity contribution < 1.29 is 17.9 Å². The first-order valence-electron chi connectivity index (χ1n) is 10.4. The first kappa shape index (κ1) is 24.6. The summed E-state index contributed by atoms with van der Waals surface area (Å²) in [5.41, 5.74) is 2.53. The second kappa shape index (κ2) is 9.85. The zero-order valence-electron chi connectivity index (χ0n) is 19.3. The van der Waals surface area contributed by atoms with Crippen molar-refractivity contribution in [1.29, 1.82) is 0 Å². The van der Waals surface area contributed by atoms with Gasteiger partial charge in [-0.05, 0) is 62.1 Å². The van der Waals surface area contributed by atoms with Gasteiger partial charge in [-0.1, -0.05) is 18.2 Å². The Morgan fingerprint density at radius 2 is 1.82 bits per heavy atom. The molecule has 3 aromatic rings. The zero-order valence-corrected chi connectivity index (χ0v) is 20.1. The van der Waals surface area contributed by atoms with Gasteiger partial charge in [0.05, 0.1) is 5.75 Å². The number of para-hydroxylation sites is 1. The first-order valence-corrected chi connectivity index (χ1v) is 12.1. The van der Waals surface area contributed by atoms with Gasteiger partial charge in [-0.15, -0.1) is 6.42 Å². The van der Waals surface area contributed by atoms with Crippen LogP contribution in [0, 0.1) is 26.2 Å². The highest BCUT2D eigenvalue weighted by atomic mass is 32.2. The summed E-state index contributed by atoms with van der Waals surface area (Å²) in [5.74, 6) is 2.06. The van der Waals surface area contributed by atoms with Crippen molar-refractivity contribution in [2.45, 2.75) is 20.8 Å². The van der Waals surface area contributed by atoms with Crippen molar-refractivity contribution in [3.63, 3.8) is 0 Å². The average Bonchev–Trinajstić information content (AvgIpc) is 2.81. The minimum absolute atomic E-state index is 0.103. The molecule has 0 unspecified atom stereocenters. The van der Waals surface area contributed by atoms with Gasteiger partial charge >= 0.3 is 5.91 Å². The Kier molecular flexibility index (Phi) is 7.13. The molecule has 2 aromatic carbocycles. The minimum atomic E-state index is -3.54. The number of rotatable bonds is 7. The van der Waals surface area contributed by atoms with Crippen molar-refractivity contribution in [3.8, 4) is 35.0 Å². The molecule has 2 N–H and O–H groups in total. The largest absolute Gasteiger partial charge is 0.456 e. The number of terminal acetylenes is 1. The number of benzene rings is 2. The van der Waals surface area contributed by atoms with E-state index in [0.717, 1.165) is 15.7 Å². The number of hydrogen-bond donors (Lipinski definition) is 2. The van der Waals surface area contributed by atoms with Crippen LogP contribution >= 0.6 is 0 Å². The molecule has 1 aromatic heterocycles. The van der Waals surface area contributed by atoms with Crippen LogP contribution in [0.4, 0.5) is 11.4 Å². The molecule has 0 spiro atoms. The molecule has 0 atom stereocenters. The monoisotopic (exact) mass is 479 g/mol. The predicted octanol–water partition coefficient (Wildman–Crippen LogP) is 4.00. The number of hydrogen-bond acceptors (Lipinski definition) is 6. The van der Waals surface area contributed by atoms with Gasteiger partial charge in [0, 0.05) is 30.1 Å². The Morgan fingerprint density at radius 3 is 2.41 bits per heavy atom. The summed E-state index contributed by atoms with van der Waals surface area (Å²) >= 11 is 0. The second-order valence-corrected chi connectivity index (χ2v) is 9.57. The zero-order chi connectivity index (χ0) is 25.0. The van der Waals surface area contributed by atoms with Gasteiger partial charge in [0.1, 0.15) is 17.2 Å².